The van der Waals surface area contributed by atoms with Crippen molar-refractivity contribution in [2.45, 2.75) is 25.7 Å². The van der Waals surface area contributed by atoms with Crippen LogP contribution >= 0.6 is 11.6 Å². The van der Waals surface area contributed by atoms with E-state index in [0.717, 1.165) is 12.8 Å². The molecular weight excluding hydrogens is 322 g/mol. The van der Waals surface area contributed by atoms with Crippen LogP contribution in [0.3, 0.4) is 0 Å². The molecule has 0 bridgehead atoms. The number of benzene rings is 1. The lowest BCUT2D eigenvalue weighted by Crippen LogP contribution is -2.31. The third-order valence-corrected chi connectivity index (χ3v) is 4.00. The fraction of sp³-hybridized carbons (Fsp3) is 0.400. The monoisotopic (exact) mass is 341 g/mol. The van der Waals surface area contributed by atoms with Crippen molar-refractivity contribution in [3.63, 3.8) is 0 Å². The van der Waals surface area contributed by atoms with Gasteiger partial charge in [0.15, 0.2) is 5.70 Å². The summed E-state index contributed by atoms with van der Waals surface area (Å²) < 4.78 is 11.0. The minimum atomic E-state index is -1.32. The van der Waals surface area contributed by atoms with Gasteiger partial charge in [0.05, 0.1) is 11.6 Å². The first-order valence-electron chi connectivity index (χ1n) is 7.31. The Kier molecular flexibility index (Phi) is 5.95. The third-order valence-electron chi connectivity index (χ3n) is 3.68. The molecule has 1 aliphatic rings. The second-order valence-electron chi connectivity index (χ2n) is 5.34. The molecule has 1 fully saturated rings. The molecule has 1 aromatic carbocycles. The maximum Gasteiger partial charge on any atom is 0.358 e. The first kappa shape index (κ1) is 17.2. The van der Waals surface area contributed by atoms with Crippen molar-refractivity contribution < 1.29 is 19.4 Å². The predicted octanol–water partition coefficient (Wildman–Crippen LogP) is 1.96. The van der Waals surface area contributed by atoms with E-state index >= 15 is 0 Å². The summed E-state index contributed by atoms with van der Waals surface area (Å²) in [5, 5.41) is 9.37. The molecule has 7 nitrogen and oxygen atoms in total. The molecule has 0 radical (unpaired) electrons. The van der Waals surface area contributed by atoms with E-state index in [4.69, 9.17) is 37.8 Å². The molecule has 1 saturated carbocycles. The average molecular weight is 342 g/mol. The fourth-order valence-electron chi connectivity index (χ4n) is 2.46. The van der Waals surface area contributed by atoms with E-state index in [2.05, 4.69) is 0 Å². The highest BCUT2D eigenvalue weighted by Crippen LogP contribution is 2.32. The zero-order chi connectivity index (χ0) is 16.8. The first-order valence-corrected chi connectivity index (χ1v) is 7.69. The van der Waals surface area contributed by atoms with Crippen LogP contribution in [-0.2, 0) is 4.79 Å². The highest BCUT2D eigenvalue weighted by molar-refractivity contribution is 6.32. The van der Waals surface area contributed by atoms with E-state index in [1.54, 1.807) is 18.2 Å². The summed E-state index contributed by atoms with van der Waals surface area (Å²) in [4.78, 5) is 10.9. The SMILES string of the molecule is NN/C(C(=O)O)=C(\N)Oc1ccc(Cl)c(OCC2CCCC2)c1. The van der Waals surface area contributed by atoms with Crippen molar-refractivity contribution >= 4 is 17.6 Å². The van der Waals surface area contributed by atoms with E-state index in [0.29, 0.717) is 29.0 Å². The van der Waals surface area contributed by atoms with Crippen molar-refractivity contribution in [1.82, 2.24) is 5.43 Å². The van der Waals surface area contributed by atoms with Gasteiger partial charge in [-0.05, 0) is 30.9 Å². The van der Waals surface area contributed by atoms with Crippen LogP contribution in [0.1, 0.15) is 25.7 Å². The molecule has 1 aliphatic carbocycles. The van der Waals surface area contributed by atoms with Crippen molar-refractivity contribution in [2.75, 3.05) is 6.61 Å². The summed E-state index contributed by atoms with van der Waals surface area (Å²) >= 11 is 6.11. The summed E-state index contributed by atoms with van der Waals surface area (Å²) in [7, 11) is 0. The van der Waals surface area contributed by atoms with Crippen LogP contribution < -0.4 is 26.5 Å². The lowest BCUT2D eigenvalue weighted by atomic mass is 10.1. The number of carboxylic acid groups (broad SMARTS) is 1. The van der Waals surface area contributed by atoms with Crippen molar-refractivity contribution in [2.24, 2.45) is 17.5 Å². The van der Waals surface area contributed by atoms with E-state index in [9.17, 15) is 4.79 Å². The van der Waals surface area contributed by atoms with Gasteiger partial charge in [-0.15, -0.1) is 0 Å². The van der Waals surface area contributed by atoms with Crippen LogP contribution in [0.2, 0.25) is 5.02 Å². The molecular formula is C15H20ClN3O4. The van der Waals surface area contributed by atoms with E-state index in [1.165, 1.54) is 12.8 Å². The topological polar surface area (TPSA) is 120 Å². The van der Waals surface area contributed by atoms with E-state index < -0.39 is 11.7 Å². The second kappa shape index (κ2) is 7.94. The quantitative estimate of drug-likeness (QED) is 0.259. The number of halogens is 1. The number of rotatable bonds is 7. The number of hydrogen-bond donors (Lipinski definition) is 4. The molecule has 0 saturated heterocycles. The van der Waals surface area contributed by atoms with Gasteiger partial charge >= 0.3 is 5.97 Å². The van der Waals surface area contributed by atoms with Crippen LogP contribution in [-0.4, -0.2) is 17.7 Å². The van der Waals surface area contributed by atoms with Gasteiger partial charge in [-0.3, -0.25) is 5.84 Å². The Bertz CT molecular complexity index is 600. The van der Waals surface area contributed by atoms with E-state index in [-0.39, 0.29) is 5.88 Å². The lowest BCUT2D eigenvalue weighted by molar-refractivity contribution is -0.133. The fourth-order valence-corrected chi connectivity index (χ4v) is 2.63. The molecule has 23 heavy (non-hydrogen) atoms. The number of ether oxygens (including phenoxy) is 2. The van der Waals surface area contributed by atoms with Gasteiger partial charge in [0.2, 0.25) is 5.88 Å². The van der Waals surface area contributed by atoms with Gasteiger partial charge in [-0.25, -0.2) is 4.79 Å². The van der Waals surface area contributed by atoms with Gasteiger partial charge in [0, 0.05) is 6.07 Å². The molecule has 0 atom stereocenters. The molecule has 8 heteroatoms. The maximum absolute atomic E-state index is 10.9. The van der Waals surface area contributed by atoms with E-state index in [1.807, 2.05) is 5.43 Å². The first-order chi connectivity index (χ1) is 11.0. The number of carbonyl (C=O) groups is 1. The lowest BCUT2D eigenvalue weighted by Gasteiger charge is -2.14. The molecule has 0 aliphatic heterocycles. The normalized spacial score (nSPS) is 15.9. The minimum Gasteiger partial charge on any atom is -0.492 e. The average Bonchev–Trinajstić information content (AvgIpc) is 3.01. The Morgan fingerprint density at radius 1 is 1.39 bits per heavy atom. The third kappa shape index (κ3) is 4.67. The van der Waals surface area contributed by atoms with Crippen molar-refractivity contribution in [3.8, 4) is 11.5 Å². The van der Waals surface area contributed by atoms with Crippen LogP contribution in [0.25, 0.3) is 0 Å². The second-order valence-corrected chi connectivity index (χ2v) is 5.75. The number of hydrazine groups is 1. The molecule has 126 valence electrons. The number of aliphatic carboxylic acids is 1. The van der Waals surface area contributed by atoms with Gasteiger partial charge < -0.3 is 25.7 Å². The van der Waals surface area contributed by atoms with Gasteiger partial charge in [-0.2, -0.15) is 0 Å². The van der Waals surface area contributed by atoms with Gasteiger partial charge in [0.25, 0.3) is 0 Å². The minimum absolute atomic E-state index is 0.308. The summed E-state index contributed by atoms with van der Waals surface area (Å²) in [6.45, 7) is 0.596. The largest absolute Gasteiger partial charge is 0.492 e. The summed E-state index contributed by atoms with van der Waals surface area (Å²) in [5.41, 5.74) is 7.13. The Morgan fingerprint density at radius 3 is 2.70 bits per heavy atom. The summed E-state index contributed by atoms with van der Waals surface area (Å²) in [5.74, 6) is 4.75. The van der Waals surface area contributed by atoms with Crippen molar-refractivity contribution in [3.05, 3.63) is 34.8 Å². The Balaban J connectivity index is 2.08. The molecule has 0 spiro atoms. The smallest absolute Gasteiger partial charge is 0.358 e. The van der Waals surface area contributed by atoms with Gasteiger partial charge in [-0.1, -0.05) is 24.4 Å². The molecule has 6 N–H and O–H groups in total. The predicted molar refractivity (Wildman–Crippen MR) is 85.7 cm³/mol. The maximum atomic E-state index is 10.9. The summed E-state index contributed by atoms with van der Waals surface area (Å²) in [6.07, 6.45) is 4.79. The molecule has 2 rings (SSSR count). The van der Waals surface area contributed by atoms with Crippen LogP contribution in [0.5, 0.6) is 11.5 Å². The number of nitrogens with one attached hydrogen (secondary N) is 1. The number of nitrogens with two attached hydrogens (primary N) is 2. The molecule has 1 aromatic rings. The number of hydrogen-bond acceptors (Lipinski definition) is 6. The number of carboxylic acids is 1. The Morgan fingerprint density at radius 2 is 2.09 bits per heavy atom. The zero-order valence-corrected chi connectivity index (χ0v) is 13.3. The van der Waals surface area contributed by atoms with Crippen molar-refractivity contribution in [1.29, 1.82) is 0 Å². The summed E-state index contributed by atoms with van der Waals surface area (Å²) in [6, 6.07) is 4.73. The highest BCUT2D eigenvalue weighted by Gasteiger charge is 2.17. The van der Waals surface area contributed by atoms with Gasteiger partial charge in [0.1, 0.15) is 11.5 Å². The van der Waals surface area contributed by atoms with Crippen LogP contribution in [0, 0.1) is 5.92 Å². The molecule has 0 aromatic heterocycles. The highest BCUT2D eigenvalue weighted by atomic mass is 35.5. The van der Waals surface area contributed by atoms with Crippen LogP contribution in [0.4, 0.5) is 0 Å². The Labute approximate surface area is 139 Å². The Hall–Kier alpha value is -2.12. The molecule has 0 unspecified atom stereocenters. The molecule has 0 heterocycles. The standard InChI is InChI=1S/C15H20ClN3O4/c16-11-6-5-10(23-14(17)13(19-18)15(20)21)7-12(11)22-8-9-3-1-2-4-9/h5-7,9,19H,1-4,8,17-18H2,(H,20,21)/b14-13+. The molecule has 0 amide bonds. The van der Waals surface area contributed by atoms with Crippen LogP contribution in [0.15, 0.2) is 29.8 Å². The zero-order valence-electron chi connectivity index (χ0n) is 12.5.